The lowest BCUT2D eigenvalue weighted by Gasteiger charge is -2.26. The molecular weight excluding hydrogens is 324 g/mol. The Labute approximate surface area is 153 Å². The van der Waals surface area contributed by atoms with Gasteiger partial charge in [-0.3, -0.25) is 0 Å². The molecule has 0 saturated heterocycles. The zero-order valence-corrected chi connectivity index (χ0v) is 15.0. The molecule has 1 saturated carbocycles. The number of aryl methyl sites for hydroxylation is 1. The van der Waals surface area contributed by atoms with Crippen LogP contribution in [0.15, 0.2) is 48.5 Å². The molecule has 0 amide bonds. The van der Waals surface area contributed by atoms with Crippen molar-refractivity contribution in [3.63, 3.8) is 0 Å². The van der Waals surface area contributed by atoms with E-state index in [1.54, 1.807) is 0 Å². The summed E-state index contributed by atoms with van der Waals surface area (Å²) in [7, 11) is 0. The third-order valence-corrected chi connectivity index (χ3v) is 5.41. The molecule has 134 valence electrons. The van der Waals surface area contributed by atoms with Crippen LogP contribution < -0.4 is 5.32 Å². The van der Waals surface area contributed by atoms with Crippen LogP contribution in [-0.4, -0.2) is 21.7 Å². The molecule has 0 unspecified atom stereocenters. The number of fused-ring (bicyclic) bond motifs is 1. The van der Waals surface area contributed by atoms with Crippen LogP contribution in [0.1, 0.15) is 46.4 Å². The Morgan fingerprint density at radius 1 is 1.15 bits per heavy atom. The van der Waals surface area contributed by atoms with Gasteiger partial charge < -0.3 is 15.0 Å². The van der Waals surface area contributed by atoms with Crippen LogP contribution >= 0.6 is 0 Å². The van der Waals surface area contributed by atoms with Gasteiger partial charge in [0, 0.05) is 35.6 Å². The number of rotatable bonds is 6. The van der Waals surface area contributed by atoms with Crippen LogP contribution in [0.4, 0.5) is 0 Å². The van der Waals surface area contributed by atoms with Gasteiger partial charge in [-0.2, -0.15) is 0 Å². The molecule has 3 aromatic rings. The minimum atomic E-state index is -0.862. The Kier molecular flexibility index (Phi) is 4.51. The Bertz CT molecular complexity index is 937. The van der Waals surface area contributed by atoms with Crippen molar-refractivity contribution in [3.05, 3.63) is 70.9 Å². The Morgan fingerprint density at radius 2 is 1.88 bits per heavy atom. The molecule has 2 N–H and O–H groups in total. The lowest BCUT2D eigenvalue weighted by molar-refractivity contribution is 0.0684. The molecule has 2 aromatic carbocycles. The van der Waals surface area contributed by atoms with Crippen LogP contribution in [0.5, 0.6) is 0 Å². The van der Waals surface area contributed by atoms with Crippen molar-refractivity contribution < 1.29 is 9.90 Å². The van der Waals surface area contributed by atoms with Crippen molar-refractivity contribution in [2.24, 2.45) is 0 Å². The molecule has 0 radical (unpaired) electrons. The van der Waals surface area contributed by atoms with E-state index in [0.717, 1.165) is 22.0 Å². The second kappa shape index (κ2) is 6.96. The van der Waals surface area contributed by atoms with Crippen molar-refractivity contribution >= 4 is 16.9 Å². The van der Waals surface area contributed by atoms with E-state index in [2.05, 4.69) is 36.5 Å². The summed E-state index contributed by atoms with van der Waals surface area (Å²) >= 11 is 0. The normalized spacial score (nSPS) is 14.5. The summed E-state index contributed by atoms with van der Waals surface area (Å²) in [6.45, 7) is 3.22. The van der Waals surface area contributed by atoms with Gasteiger partial charge in [0.25, 0.3) is 0 Å². The summed E-state index contributed by atoms with van der Waals surface area (Å²) in [6, 6.07) is 16.8. The maximum atomic E-state index is 12.1. The summed E-state index contributed by atoms with van der Waals surface area (Å²) in [5.74, 6) is -0.862. The standard InChI is InChI=1S/C22H24N2O2/c1-15-9-11-16(12-10-15)14-24-20-8-3-2-7-18(20)19(21(24)22(25)26)13-23-17-5-4-6-17/h2-3,7-12,17,23H,4-6,13-14H2,1H3,(H,25,26). The Balaban J connectivity index is 1.78. The number of para-hydroxylation sites is 1. The lowest BCUT2D eigenvalue weighted by atomic mass is 9.93. The van der Waals surface area contributed by atoms with Crippen molar-refractivity contribution in [1.29, 1.82) is 0 Å². The first kappa shape index (κ1) is 16.9. The number of nitrogens with one attached hydrogen (secondary N) is 1. The van der Waals surface area contributed by atoms with Gasteiger partial charge in [0.1, 0.15) is 5.69 Å². The number of aromatic carboxylic acids is 1. The van der Waals surface area contributed by atoms with Crippen LogP contribution in [0, 0.1) is 6.92 Å². The number of hydrogen-bond acceptors (Lipinski definition) is 2. The average molecular weight is 348 g/mol. The predicted molar refractivity (Wildman–Crippen MR) is 104 cm³/mol. The van der Waals surface area contributed by atoms with E-state index >= 15 is 0 Å². The minimum absolute atomic E-state index is 0.401. The Morgan fingerprint density at radius 3 is 2.54 bits per heavy atom. The molecule has 1 fully saturated rings. The number of carbonyl (C=O) groups is 1. The number of aromatic nitrogens is 1. The fraction of sp³-hybridized carbons (Fsp3) is 0.318. The fourth-order valence-corrected chi connectivity index (χ4v) is 3.70. The lowest BCUT2D eigenvalue weighted by Crippen LogP contribution is -2.34. The van der Waals surface area contributed by atoms with Crippen LogP contribution in [0.25, 0.3) is 10.9 Å². The first-order valence-corrected chi connectivity index (χ1v) is 9.26. The highest BCUT2D eigenvalue weighted by Crippen LogP contribution is 2.28. The minimum Gasteiger partial charge on any atom is -0.477 e. The van der Waals surface area contributed by atoms with E-state index in [4.69, 9.17) is 0 Å². The molecule has 4 rings (SSSR count). The van der Waals surface area contributed by atoms with Gasteiger partial charge in [0.05, 0.1) is 0 Å². The number of carboxylic acid groups (broad SMARTS) is 1. The monoisotopic (exact) mass is 348 g/mol. The first-order chi connectivity index (χ1) is 12.6. The zero-order chi connectivity index (χ0) is 18.1. The van der Waals surface area contributed by atoms with Crippen LogP contribution in [0.3, 0.4) is 0 Å². The van der Waals surface area contributed by atoms with E-state index < -0.39 is 5.97 Å². The summed E-state index contributed by atoms with van der Waals surface area (Å²) in [6.07, 6.45) is 3.63. The second-order valence-electron chi connectivity index (χ2n) is 7.23. The van der Waals surface area contributed by atoms with Gasteiger partial charge in [-0.1, -0.05) is 54.4 Å². The van der Waals surface area contributed by atoms with Crippen LogP contribution in [-0.2, 0) is 13.1 Å². The van der Waals surface area contributed by atoms with E-state index in [1.165, 1.54) is 24.8 Å². The van der Waals surface area contributed by atoms with E-state index in [-0.39, 0.29) is 0 Å². The number of hydrogen-bond donors (Lipinski definition) is 2. The summed E-state index contributed by atoms with van der Waals surface area (Å²) in [5.41, 5.74) is 4.59. The van der Waals surface area contributed by atoms with Gasteiger partial charge in [-0.25, -0.2) is 4.79 Å². The van der Waals surface area contributed by atoms with E-state index in [0.29, 0.717) is 24.8 Å². The fourth-order valence-electron chi connectivity index (χ4n) is 3.70. The van der Waals surface area contributed by atoms with E-state index in [1.807, 2.05) is 28.8 Å². The van der Waals surface area contributed by atoms with Gasteiger partial charge in [0.2, 0.25) is 0 Å². The quantitative estimate of drug-likeness (QED) is 0.697. The van der Waals surface area contributed by atoms with Gasteiger partial charge >= 0.3 is 5.97 Å². The van der Waals surface area contributed by atoms with Crippen molar-refractivity contribution in [3.8, 4) is 0 Å². The molecule has 0 atom stereocenters. The summed E-state index contributed by atoms with van der Waals surface area (Å²) in [5, 5.41) is 14.5. The average Bonchev–Trinajstić information content (AvgIpc) is 2.90. The largest absolute Gasteiger partial charge is 0.477 e. The molecule has 26 heavy (non-hydrogen) atoms. The van der Waals surface area contributed by atoms with Crippen molar-refractivity contribution in [2.75, 3.05) is 0 Å². The summed E-state index contributed by atoms with van der Waals surface area (Å²) in [4.78, 5) is 12.1. The van der Waals surface area contributed by atoms with Crippen LogP contribution in [0.2, 0.25) is 0 Å². The third kappa shape index (κ3) is 3.13. The number of benzene rings is 2. The molecule has 0 bridgehead atoms. The SMILES string of the molecule is Cc1ccc(Cn2c(C(=O)O)c(CNC3CCC3)c3ccccc32)cc1. The third-order valence-electron chi connectivity index (χ3n) is 5.41. The Hall–Kier alpha value is -2.59. The predicted octanol–water partition coefficient (Wildman–Crippen LogP) is 4.34. The number of nitrogens with zero attached hydrogens (tertiary/aromatic N) is 1. The molecular formula is C22H24N2O2. The maximum absolute atomic E-state index is 12.1. The molecule has 4 nitrogen and oxygen atoms in total. The van der Waals surface area contributed by atoms with Crippen molar-refractivity contribution in [1.82, 2.24) is 9.88 Å². The molecule has 1 aliphatic rings. The summed E-state index contributed by atoms with van der Waals surface area (Å²) < 4.78 is 1.94. The van der Waals surface area contributed by atoms with Gasteiger partial charge in [0.15, 0.2) is 0 Å². The molecule has 0 aliphatic heterocycles. The highest BCUT2D eigenvalue weighted by atomic mass is 16.4. The first-order valence-electron chi connectivity index (χ1n) is 9.26. The second-order valence-corrected chi connectivity index (χ2v) is 7.23. The van der Waals surface area contributed by atoms with Gasteiger partial charge in [-0.05, 0) is 31.4 Å². The molecule has 1 aliphatic carbocycles. The zero-order valence-electron chi connectivity index (χ0n) is 15.0. The van der Waals surface area contributed by atoms with Gasteiger partial charge in [-0.15, -0.1) is 0 Å². The highest BCUT2D eigenvalue weighted by molar-refractivity contribution is 5.98. The highest BCUT2D eigenvalue weighted by Gasteiger charge is 2.24. The molecule has 1 aromatic heterocycles. The maximum Gasteiger partial charge on any atom is 0.352 e. The molecule has 1 heterocycles. The topological polar surface area (TPSA) is 54.3 Å². The van der Waals surface area contributed by atoms with E-state index in [9.17, 15) is 9.90 Å². The molecule has 4 heteroatoms. The number of carboxylic acids is 1. The molecule has 0 spiro atoms. The van der Waals surface area contributed by atoms with Crippen molar-refractivity contribution in [2.45, 2.75) is 45.3 Å². The smallest absolute Gasteiger partial charge is 0.352 e.